The van der Waals surface area contributed by atoms with Crippen molar-refractivity contribution >= 4 is 46.7 Å². The summed E-state index contributed by atoms with van der Waals surface area (Å²) in [5.74, 6) is 0.709. The van der Waals surface area contributed by atoms with Gasteiger partial charge >= 0.3 is 0 Å². The predicted molar refractivity (Wildman–Crippen MR) is 135 cm³/mol. The first kappa shape index (κ1) is 23.7. The molecule has 0 radical (unpaired) electrons. The van der Waals surface area contributed by atoms with Crippen molar-refractivity contribution in [3.05, 3.63) is 71.4 Å². The Labute approximate surface area is 195 Å². The van der Waals surface area contributed by atoms with Crippen LogP contribution in [-0.4, -0.2) is 37.0 Å². The number of aliphatic imine (C=N–C) groups is 1. The van der Waals surface area contributed by atoms with E-state index in [1.54, 1.807) is 7.05 Å². The van der Waals surface area contributed by atoms with Gasteiger partial charge in [0.25, 0.3) is 5.91 Å². The molecule has 30 heavy (non-hydrogen) atoms. The summed E-state index contributed by atoms with van der Waals surface area (Å²) >= 11 is 0. The Morgan fingerprint density at radius 1 is 1.03 bits per heavy atom. The Bertz CT molecular complexity index is 982. The number of aromatic nitrogens is 1. The molecule has 3 aromatic rings. The molecular formula is C23H30IN5O. The normalized spacial score (nSPS) is 11.1. The van der Waals surface area contributed by atoms with Gasteiger partial charge < -0.3 is 20.9 Å². The molecule has 4 N–H and O–H groups in total. The van der Waals surface area contributed by atoms with Gasteiger partial charge in [0.05, 0.1) is 0 Å². The van der Waals surface area contributed by atoms with Gasteiger partial charge in [0.15, 0.2) is 5.96 Å². The van der Waals surface area contributed by atoms with Gasteiger partial charge in [-0.25, -0.2) is 0 Å². The molecular weight excluding hydrogens is 489 g/mol. The number of carbonyl (C=O) groups is 1. The van der Waals surface area contributed by atoms with E-state index in [-0.39, 0.29) is 29.9 Å². The number of para-hydroxylation sites is 1. The number of benzene rings is 2. The standard InChI is InChI=1S/C23H29N5O.HI/c1-3-12-25-22(29)18-8-6-7-17(14-18)15-28-23(24-2)26-13-11-19-16-27-21-10-5-4-9-20(19)21;/h4-10,14,16,27H,3,11-13,15H2,1-2H3,(H,25,29)(H2,24,26,28);1H. The number of nitrogens with zero attached hydrogens (tertiary/aromatic N) is 1. The fourth-order valence-corrected chi connectivity index (χ4v) is 3.22. The topological polar surface area (TPSA) is 81.3 Å². The summed E-state index contributed by atoms with van der Waals surface area (Å²) in [6.07, 6.45) is 3.89. The molecule has 6 nitrogen and oxygen atoms in total. The third-order valence-corrected chi connectivity index (χ3v) is 4.77. The van der Waals surface area contributed by atoms with E-state index >= 15 is 0 Å². The first-order valence-corrected chi connectivity index (χ1v) is 10.1. The van der Waals surface area contributed by atoms with Gasteiger partial charge in [-0.15, -0.1) is 24.0 Å². The van der Waals surface area contributed by atoms with Crippen LogP contribution in [0.1, 0.15) is 34.8 Å². The molecule has 0 saturated heterocycles. The average molecular weight is 519 g/mol. The molecule has 0 aliphatic carbocycles. The quantitative estimate of drug-likeness (QED) is 0.208. The summed E-state index contributed by atoms with van der Waals surface area (Å²) in [6.45, 7) is 4.11. The third-order valence-electron chi connectivity index (χ3n) is 4.77. The zero-order valence-electron chi connectivity index (χ0n) is 17.5. The molecule has 1 amide bonds. The summed E-state index contributed by atoms with van der Waals surface area (Å²) in [7, 11) is 1.76. The molecule has 1 heterocycles. The lowest BCUT2D eigenvalue weighted by atomic mass is 10.1. The molecule has 0 atom stereocenters. The lowest BCUT2D eigenvalue weighted by molar-refractivity contribution is 0.0953. The number of hydrogen-bond donors (Lipinski definition) is 4. The molecule has 0 aliphatic heterocycles. The molecule has 0 spiro atoms. The van der Waals surface area contributed by atoms with Gasteiger partial charge in [-0.3, -0.25) is 9.79 Å². The number of fused-ring (bicyclic) bond motifs is 1. The van der Waals surface area contributed by atoms with Crippen LogP contribution in [-0.2, 0) is 13.0 Å². The molecule has 160 valence electrons. The number of rotatable bonds is 8. The predicted octanol–water partition coefficient (Wildman–Crippen LogP) is 3.83. The number of halogens is 1. The highest BCUT2D eigenvalue weighted by Crippen LogP contribution is 2.17. The van der Waals surface area contributed by atoms with Gasteiger partial charge in [-0.05, 0) is 42.2 Å². The van der Waals surface area contributed by atoms with E-state index in [9.17, 15) is 4.79 Å². The summed E-state index contributed by atoms with van der Waals surface area (Å²) < 4.78 is 0. The van der Waals surface area contributed by atoms with E-state index in [0.717, 1.165) is 36.4 Å². The number of nitrogens with one attached hydrogen (secondary N) is 4. The second-order valence-corrected chi connectivity index (χ2v) is 6.92. The fourth-order valence-electron chi connectivity index (χ4n) is 3.22. The summed E-state index contributed by atoms with van der Waals surface area (Å²) in [5, 5.41) is 10.8. The minimum atomic E-state index is -0.0325. The lowest BCUT2D eigenvalue weighted by Crippen LogP contribution is -2.37. The van der Waals surface area contributed by atoms with Gasteiger partial charge in [0.1, 0.15) is 0 Å². The summed E-state index contributed by atoms with van der Waals surface area (Å²) in [5.41, 5.74) is 4.16. The van der Waals surface area contributed by atoms with E-state index in [0.29, 0.717) is 18.7 Å². The van der Waals surface area contributed by atoms with Crippen molar-refractivity contribution in [2.24, 2.45) is 4.99 Å². The Hall–Kier alpha value is -2.55. The maximum Gasteiger partial charge on any atom is 0.251 e. The highest BCUT2D eigenvalue weighted by Gasteiger charge is 2.06. The van der Waals surface area contributed by atoms with Crippen LogP contribution < -0.4 is 16.0 Å². The van der Waals surface area contributed by atoms with Crippen molar-refractivity contribution in [1.29, 1.82) is 0 Å². The SMILES string of the molecule is CCCNC(=O)c1cccc(CNC(=NC)NCCc2c[nH]c3ccccc23)c1.I. The number of amides is 1. The first-order chi connectivity index (χ1) is 14.2. The van der Waals surface area contributed by atoms with Gasteiger partial charge in [0.2, 0.25) is 0 Å². The molecule has 0 unspecified atom stereocenters. The van der Waals surface area contributed by atoms with E-state index in [2.05, 4.69) is 50.3 Å². The van der Waals surface area contributed by atoms with E-state index in [1.165, 1.54) is 10.9 Å². The largest absolute Gasteiger partial charge is 0.361 e. The zero-order valence-corrected chi connectivity index (χ0v) is 19.8. The first-order valence-electron chi connectivity index (χ1n) is 10.1. The van der Waals surface area contributed by atoms with Crippen LogP contribution in [0.2, 0.25) is 0 Å². The van der Waals surface area contributed by atoms with Gasteiger partial charge in [0, 0.05) is 49.3 Å². The monoisotopic (exact) mass is 519 g/mol. The Kier molecular flexibility index (Phi) is 9.66. The highest BCUT2D eigenvalue weighted by atomic mass is 127. The maximum atomic E-state index is 12.1. The Balaban J connectivity index is 0.00000320. The Morgan fingerprint density at radius 2 is 1.87 bits per heavy atom. The van der Waals surface area contributed by atoms with Crippen molar-refractivity contribution in [2.75, 3.05) is 20.1 Å². The molecule has 3 rings (SSSR count). The van der Waals surface area contributed by atoms with Crippen LogP contribution in [0.4, 0.5) is 0 Å². The van der Waals surface area contributed by atoms with Crippen molar-refractivity contribution in [3.63, 3.8) is 0 Å². The average Bonchev–Trinajstić information content (AvgIpc) is 3.17. The molecule has 0 bridgehead atoms. The molecule has 0 fully saturated rings. The van der Waals surface area contributed by atoms with Gasteiger partial charge in [-0.2, -0.15) is 0 Å². The fraction of sp³-hybridized carbons (Fsp3) is 0.304. The molecule has 0 aliphatic rings. The minimum Gasteiger partial charge on any atom is -0.361 e. The number of carbonyl (C=O) groups excluding carboxylic acids is 1. The van der Waals surface area contributed by atoms with E-state index in [4.69, 9.17) is 0 Å². The molecule has 1 aromatic heterocycles. The molecule has 0 saturated carbocycles. The van der Waals surface area contributed by atoms with Crippen LogP contribution in [0.3, 0.4) is 0 Å². The molecule has 7 heteroatoms. The number of aromatic amines is 1. The lowest BCUT2D eigenvalue weighted by Gasteiger charge is -2.12. The van der Waals surface area contributed by atoms with Crippen LogP contribution in [0.5, 0.6) is 0 Å². The second-order valence-electron chi connectivity index (χ2n) is 6.92. The highest BCUT2D eigenvalue weighted by molar-refractivity contribution is 14.0. The summed E-state index contributed by atoms with van der Waals surface area (Å²) in [6, 6.07) is 16.0. The second kappa shape index (κ2) is 12.2. The number of H-pyrrole nitrogens is 1. The minimum absolute atomic E-state index is 0. The van der Waals surface area contributed by atoms with Crippen LogP contribution >= 0.6 is 24.0 Å². The smallest absolute Gasteiger partial charge is 0.251 e. The Morgan fingerprint density at radius 3 is 2.67 bits per heavy atom. The maximum absolute atomic E-state index is 12.1. The van der Waals surface area contributed by atoms with Crippen molar-refractivity contribution in [3.8, 4) is 0 Å². The van der Waals surface area contributed by atoms with Gasteiger partial charge in [-0.1, -0.05) is 37.3 Å². The van der Waals surface area contributed by atoms with Crippen molar-refractivity contribution in [2.45, 2.75) is 26.3 Å². The van der Waals surface area contributed by atoms with Crippen molar-refractivity contribution < 1.29 is 4.79 Å². The summed E-state index contributed by atoms with van der Waals surface area (Å²) in [4.78, 5) is 19.7. The van der Waals surface area contributed by atoms with Crippen molar-refractivity contribution in [1.82, 2.24) is 20.9 Å². The third kappa shape index (κ3) is 6.48. The van der Waals surface area contributed by atoms with E-state index in [1.807, 2.05) is 37.3 Å². The molecule has 2 aromatic carbocycles. The number of guanidine groups is 1. The van der Waals surface area contributed by atoms with E-state index < -0.39 is 0 Å². The van der Waals surface area contributed by atoms with Crippen LogP contribution in [0, 0.1) is 0 Å². The number of hydrogen-bond acceptors (Lipinski definition) is 2. The van der Waals surface area contributed by atoms with Crippen LogP contribution in [0.25, 0.3) is 10.9 Å². The van der Waals surface area contributed by atoms with Crippen LogP contribution in [0.15, 0.2) is 59.7 Å². The zero-order chi connectivity index (χ0) is 20.5.